The van der Waals surface area contributed by atoms with Gasteiger partial charge >= 0.3 is 11.9 Å². The number of rotatable bonds is 5. The van der Waals surface area contributed by atoms with Crippen LogP contribution < -0.4 is 4.74 Å². The van der Waals surface area contributed by atoms with Gasteiger partial charge in [-0.2, -0.15) is 0 Å². The van der Waals surface area contributed by atoms with Crippen molar-refractivity contribution in [3.05, 3.63) is 65.7 Å². The summed E-state index contributed by atoms with van der Waals surface area (Å²) in [5, 5.41) is 0. The number of benzene rings is 2. The molecule has 1 atom stereocenters. The number of cyclic esters (lactones) is 1. The average molecular weight is 339 g/mol. The molecule has 2 aromatic rings. The van der Waals surface area contributed by atoms with Crippen LogP contribution in [0.4, 0.5) is 0 Å². The van der Waals surface area contributed by atoms with E-state index in [4.69, 9.17) is 14.2 Å². The molecule has 0 amide bonds. The van der Waals surface area contributed by atoms with Gasteiger partial charge in [-0.3, -0.25) is 0 Å². The largest absolute Gasteiger partial charge is 0.497 e. The van der Waals surface area contributed by atoms with Crippen molar-refractivity contribution >= 4 is 17.8 Å². The molecule has 2 aromatic carbocycles. The predicted molar refractivity (Wildman–Crippen MR) is 90.4 cm³/mol. The normalized spacial score (nSPS) is 19.1. The van der Waals surface area contributed by atoms with Gasteiger partial charge in [-0.05, 0) is 31.2 Å². The smallest absolute Gasteiger partial charge is 0.357 e. The van der Waals surface area contributed by atoms with Gasteiger partial charge in [-0.25, -0.2) is 14.6 Å². The average Bonchev–Trinajstić information content (AvgIpc) is 3.01. The van der Waals surface area contributed by atoms with Crippen LogP contribution in [-0.2, 0) is 24.6 Å². The summed E-state index contributed by atoms with van der Waals surface area (Å²) >= 11 is 0. The second-order valence-electron chi connectivity index (χ2n) is 5.33. The molecule has 1 heterocycles. The second kappa shape index (κ2) is 6.76. The van der Waals surface area contributed by atoms with Gasteiger partial charge in [0.2, 0.25) is 5.90 Å². The molecule has 1 aliphatic rings. The van der Waals surface area contributed by atoms with Crippen LogP contribution in [0.25, 0.3) is 0 Å². The Morgan fingerprint density at radius 2 is 1.80 bits per heavy atom. The molecule has 0 fully saturated rings. The summed E-state index contributed by atoms with van der Waals surface area (Å²) in [6, 6.07) is 15.4. The summed E-state index contributed by atoms with van der Waals surface area (Å²) in [7, 11) is 1.53. The molecule has 1 aliphatic heterocycles. The highest BCUT2D eigenvalue weighted by Crippen LogP contribution is 2.36. The first-order valence-corrected chi connectivity index (χ1v) is 7.81. The van der Waals surface area contributed by atoms with Crippen molar-refractivity contribution in [2.24, 2.45) is 4.99 Å². The van der Waals surface area contributed by atoms with Gasteiger partial charge in [0.05, 0.1) is 13.7 Å². The topological polar surface area (TPSA) is 74.2 Å². The van der Waals surface area contributed by atoms with Crippen molar-refractivity contribution in [1.29, 1.82) is 0 Å². The van der Waals surface area contributed by atoms with Crippen LogP contribution in [0.1, 0.15) is 18.1 Å². The minimum Gasteiger partial charge on any atom is -0.497 e. The van der Waals surface area contributed by atoms with E-state index in [1.807, 2.05) is 6.07 Å². The van der Waals surface area contributed by atoms with Crippen molar-refractivity contribution < 1.29 is 23.8 Å². The molecular weight excluding hydrogens is 322 g/mol. The summed E-state index contributed by atoms with van der Waals surface area (Å²) in [4.78, 5) is 29.7. The lowest BCUT2D eigenvalue weighted by Gasteiger charge is -2.20. The lowest BCUT2D eigenvalue weighted by atomic mass is 9.91. The maximum Gasteiger partial charge on any atom is 0.357 e. The Labute approximate surface area is 145 Å². The Morgan fingerprint density at radius 1 is 1.12 bits per heavy atom. The summed E-state index contributed by atoms with van der Waals surface area (Å²) < 4.78 is 15.6. The van der Waals surface area contributed by atoms with Crippen LogP contribution in [0.5, 0.6) is 5.75 Å². The number of ether oxygens (including phenoxy) is 3. The molecule has 0 N–H and O–H groups in total. The van der Waals surface area contributed by atoms with Crippen molar-refractivity contribution in [1.82, 2.24) is 0 Å². The fourth-order valence-corrected chi connectivity index (χ4v) is 2.58. The van der Waals surface area contributed by atoms with Crippen LogP contribution in [0.2, 0.25) is 0 Å². The molecule has 128 valence electrons. The molecule has 0 saturated heterocycles. The van der Waals surface area contributed by atoms with E-state index in [1.165, 1.54) is 7.11 Å². The molecule has 0 saturated carbocycles. The lowest BCUT2D eigenvalue weighted by molar-refractivity contribution is -0.158. The first-order valence-electron chi connectivity index (χ1n) is 7.81. The Morgan fingerprint density at radius 3 is 2.40 bits per heavy atom. The molecule has 0 aromatic heterocycles. The molecule has 0 spiro atoms. The molecule has 25 heavy (non-hydrogen) atoms. The predicted octanol–water partition coefficient (Wildman–Crippen LogP) is 2.46. The van der Waals surface area contributed by atoms with E-state index >= 15 is 0 Å². The number of hydrogen-bond donors (Lipinski definition) is 0. The lowest BCUT2D eigenvalue weighted by Crippen LogP contribution is -2.41. The maximum atomic E-state index is 12.7. The standard InChI is InChI=1S/C19H17NO5/c1-3-24-17(21)19(14-9-11-15(23-2)12-10-14)18(22)25-16(20-19)13-7-5-4-6-8-13/h4-12H,3H2,1-2H3. The third kappa shape index (κ3) is 2.87. The van der Waals surface area contributed by atoms with E-state index in [9.17, 15) is 9.59 Å². The fraction of sp³-hybridized carbons (Fsp3) is 0.211. The van der Waals surface area contributed by atoms with Gasteiger partial charge in [0, 0.05) is 11.1 Å². The van der Waals surface area contributed by atoms with E-state index in [0.29, 0.717) is 16.9 Å². The number of hydrogen-bond acceptors (Lipinski definition) is 6. The SMILES string of the molecule is CCOC(=O)C1(c2ccc(OC)cc2)N=C(c2ccccc2)OC1=O. The van der Waals surface area contributed by atoms with Crippen molar-refractivity contribution in [3.63, 3.8) is 0 Å². The van der Waals surface area contributed by atoms with Gasteiger partial charge in [-0.15, -0.1) is 0 Å². The van der Waals surface area contributed by atoms with Gasteiger partial charge in [0.15, 0.2) is 0 Å². The molecule has 6 heteroatoms. The Balaban J connectivity index is 2.12. The number of aliphatic imine (C=N–C) groups is 1. The summed E-state index contributed by atoms with van der Waals surface area (Å²) in [5.41, 5.74) is -0.897. The quantitative estimate of drug-likeness (QED) is 0.618. The molecule has 0 bridgehead atoms. The highest BCUT2D eigenvalue weighted by atomic mass is 16.6. The van der Waals surface area contributed by atoms with E-state index < -0.39 is 17.5 Å². The summed E-state index contributed by atoms with van der Waals surface area (Å²) in [6.45, 7) is 1.79. The molecule has 6 nitrogen and oxygen atoms in total. The maximum absolute atomic E-state index is 12.7. The van der Waals surface area contributed by atoms with Crippen LogP contribution in [0.3, 0.4) is 0 Å². The third-order valence-electron chi connectivity index (χ3n) is 3.85. The fourth-order valence-electron chi connectivity index (χ4n) is 2.58. The van der Waals surface area contributed by atoms with Crippen LogP contribution in [-0.4, -0.2) is 31.6 Å². The Kier molecular flexibility index (Phi) is 4.52. The molecule has 0 aliphatic carbocycles. The zero-order valence-corrected chi connectivity index (χ0v) is 13.9. The van der Waals surface area contributed by atoms with Crippen LogP contribution >= 0.6 is 0 Å². The number of methoxy groups -OCH3 is 1. The van der Waals surface area contributed by atoms with E-state index in [0.717, 1.165) is 0 Å². The van der Waals surface area contributed by atoms with Crippen LogP contribution in [0.15, 0.2) is 59.6 Å². The summed E-state index contributed by atoms with van der Waals surface area (Å²) in [5.74, 6) is -0.859. The number of carbonyl (C=O) groups is 2. The van der Waals surface area contributed by atoms with Gasteiger partial charge in [0.25, 0.3) is 5.54 Å². The molecule has 1 unspecified atom stereocenters. The molecule has 0 radical (unpaired) electrons. The number of nitrogens with zero attached hydrogens (tertiary/aromatic N) is 1. The van der Waals surface area contributed by atoms with Gasteiger partial charge in [-0.1, -0.05) is 30.3 Å². The summed E-state index contributed by atoms with van der Waals surface area (Å²) in [6.07, 6.45) is 0. The van der Waals surface area contributed by atoms with Crippen molar-refractivity contribution in [2.45, 2.75) is 12.5 Å². The van der Waals surface area contributed by atoms with E-state index in [2.05, 4.69) is 4.99 Å². The minimum absolute atomic E-state index is 0.0921. The Hall–Kier alpha value is -3.15. The van der Waals surface area contributed by atoms with E-state index in [-0.39, 0.29) is 12.5 Å². The van der Waals surface area contributed by atoms with Gasteiger partial charge in [0.1, 0.15) is 5.75 Å². The first kappa shape index (κ1) is 16.7. The number of esters is 2. The monoisotopic (exact) mass is 339 g/mol. The second-order valence-corrected chi connectivity index (χ2v) is 5.33. The Bertz CT molecular complexity index is 813. The highest BCUT2D eigenvalue weighted by molar-refractivity contribution is 6.17. The van der Waals surface area contributed by atoms with Crippen molar-refractivity contribution in [3.8, 4) is 5.75 Å². The zero-order valence-electron chi connectivity index (χ0n) is 13.9. The van der Waals surface area contributed by atoms with Crippen molar-refractivity contribution in [2.75, 3.05) is 13.7 Å². The van der Waals surface area contributed by atoms with E-state index in [1.54, 1.807) is 55.5 Å². The van der Waals surface area contributed by atoms with Crippen LogP contribution in [0, 0.1) is 0 Å². The third-order valence-corrected chi connectivity index (χ3v) is 3.85. The highest BCUT2D eigenvalue weighted by Gasteiger charge is 2.55. The van der Waals surface area contributed by atoms with Gasteiger partial charge < -0.3 is 14.2 Å². The minimum atomic E-state index is -1.87. The zero-order chi connectivity index (χ0) is 17.9. The first-order chi connectivity index (χ1) is 12.1. The molecular formula is C19H17NO5. The number of carbonyl (C=O) groups excluding carboxylic acids is 2. The molecule has 3 rings (SSSR count).